The Morgan fingerprint density at radius 1 is 1.13 bits per heavy atom. The van der Waals surface area contributed by atoms with Crippen LogP contribution in [0.2, 0.25) is 0 Å². The van der Waals surface area contributed by atoms with Gasteiger partial charge in [0, 0.05) is 44.1 Å². The van der Waals surface area contributed by atoms with Crippen molar-refractivity contribution in [1.82, 2.24) is 19.8 Å². The number of amides is 1. The molecule has 1 fully saturated rings. The Hall–Kier alpha value is -3.63. The summed E-state index contributed by atoms with van der Waals surface area (Å²) in [4.78, 5) is 24.1. The number of nitrogens with one attached hydrogen (secondary N) is 1. The fourth-order valence-corrected chi connectivity index (χ4v) is 3.85. The number of H-pyrrole nitrogens is 1. The maximum Gasteiger partial charge on any atom is 0.410 e. The number of hydrogen-bond acceptors (Lipinski definition) is 5. The first kappa shape index (κ1) is 20.6. The Bertz CT molecular complexity index is 1010. The minimum atomic E-state index is -0.283. The van der Waals surface area contributed by atoms with Gasteiger partial charge < -0.3 is 14.6 Å². The molecular weight excluding hydrogens is 390 g/mol. The number of nitriles is 1. The lowest BCUT2D eigenvalue weighted by molar-refractivity contribution is 0.0435. The third-order valence-corrected chi connectivity index (χ3v) is 5.55. The van der Waals surface area contributed by atoms with Crippen LogP contribution in [0.25, 0.3) is 0 Å². The fraction of sp³-hybridized carbons (Fsp3) is 0.292. The summed E-state index contributed by atoms with van der Waals surface area (Å²) < 4.78 is 5.55. The lowest BCUT2D eigenvalue weighted by Crippen LogP contribution is -2.55. The minimum Gasteiger partial charge on any atom is -0.445 e. The smallest absolute Gasteiger partial charge is 0.410 e. The van der Waals surface area contributed by atoms with E-state index in [0.29, 0.717) is 18.7 Å². The maximum absolute atomic E-state index is 12.7. The highest BCUT2D eigenvalue weighted by atomic mass is 16.6. The number of aromatic nitrogens is 2. The van der Waals surface area contributed by atoms with Gasteiger partial charge in [-0.05, 0) is 29.7 Å². The molecule has 1 unspecified atom stereocenters. The van der Waals surface area contributed by atoms with E-state index in [9.17, 15) is 4.79 Å². The van der Waals surface area contributed by atoms with Crippen LogP contribution >= 0.6 is 0 Å². The van der Waals surface area contributed by atoms with E-state index >= 15 is 0 Å². The second kappa shape index (κ2) is 9.92. The number of hydrogen-bond donors (Lipinski definition) is 1. The second-order valence-electron chi connectivity index (χ2n) is 7.70. The zero-order chi connectivity index (χ0) is 21.5. The second-order valence-corrected chi connectivity index (χ2v) is 7.70. The van der Waals surface area contributed by atoms with Gasteiger partial charge in [-0.3, -0.25) is 4.90 Å². The van der Waals surface area contributed by atoms with Gasteiger partial charge >= 0.3 is 6.09 Å². The molecule has 3 aromatic rings. The Morgan fingerprint density at radius 2 is 1.94 bits per heavy atom. The van der Waals surface area contributed by atoms with Crippen molar-refractivity contribution in [3.63, 3.8) is 0 Å². The zero-order valence-corrected chi connectivity index (χ0v) is 17.3. The summed E-state index contributed by atoms with van der Waals surface area (Å²) in [6.45, 7) is 2.97. The number of rotatable bonds is 6. The van der Waals surface area contributed by atoms with Crippen LogP contribution in [0.15, 0.2) is 67.1 Å². The molecule has 0 bridgehead atoms. The summed E-state index contributed by atoms with van der Waals surface area (Å²) in [7, 11) is 0. The van der Waals surface area contributed by atoms with Crippen LogP contribution in [0, 0.1) is 11.3 Å². The number of piperazine rings is 1. The predicted octanol–water partition coefficient (Wildman–Crippen LogP) is 3.35. The normalized spacial score (nSPS) is 16.6. The van der Waals surface area contributed by atoms with Crippen LogP contribution < -0.4 is 0 Å². The predicted molar refractivity (Wildman–Crippen MR) is 116 cm³/mol. The summed E-state index contributed by atoms with van der Waals surface area (Å²) >= 11 is 0. The molecule has 0 radical (unpaired) electrons. The average Bonchev–Trinajstić information content (AvgIpc) is 3.33. The highest BCUT2D eigenvalue weighted by Gasteiger charge is 2.30. The number of nitrogens with zero attached hydrogens (tertiary/aromatic N) is 4. The standard InChI is InChI=1S/C24H25N5O2/c25-13-20-8-6-19(7-9-20)12-23-16-29(11-10-28(23)15-22-14-26-18-27-22)24(30)31-17-21-4-2-1-3-5-21/h1-9,14,18,23H,10-12,15-17H2,(H,26,27). The van der Waals surface area contributed by atoms with Crippen molar-refractivity contribution in [2.45, 2.75) is 25.6 Å². The van der Waals surface area contributed by atoms with E-state index in [1.54, 1.807) is 11.2 Å². The first-order chi connectivity index (χ1) is 15.2. The highest BCUT2D eigenvalue weighted by Crippen LogP contribution is 2.19. The molecular formula is C24H25N5O2. The van der Waals surface area contributed by atoms with Gasteiger partial charge in [-0.1, -0.05) is 42.5 Å². The summed E-state index contributed by atoms with van der Waals surface area (Å²) in [5.74, 6) is 0. The maximum atomic E-state index is 12.7. The van der Waals surface area contributed by atoms with Gasteiger partial charge in [0.2, 0.25) is 0 Å². The van der Waals surface area contributed by atoms with Gasteiger partial charge in [0.1, 0.15) is 6.61 Å². The van der Waals surface area contributed by atoms with E-state index in [4.69, 9.17) is 10.00 Å². The Balaban J connectivity index is 1.42. The van der Waals surface area contributed by atoms with Crippen LogP contribution in [0.1, 0.15) is 22.4 Å². The van der Waals surface area contributed by atoms with Gasteiger partial charge in [0.05, 0.1) is 18.0 Å². The summed E-state index contributed by atoms with van der Waals surface area (Å²) in [6.07, 6.45) is 4.01. The van der Waals surface area contributed by atoms with E-state index in [1.807, 2.05) is 60.8 Å². The van der Waals surface area contributed by atoms with Gasteiger partial charge in [-0.15, -0.1) is 0 Å². The highest BCUT2D eigenvalue weighted by molar-refractivity contribution is 5.67. The molecule has 0 aliphatic carbocycles. The van der Waals surface area contributed by atoms with E-state index < -0.39 is 0 Å². The molecule has 1 saturated heterocycles. The van der Waals surface area contributed by atoms with Crippen molar-refractivity contribution < 1.29 is 9.53 Å². The molecule has 158 valence electrons. The van der Waals surface area contributed by atoms with Gasteiger partial charge in [-0.2, -0.15) is 5.26 Å². The molecule has 2 heterocycles. The first-order valence-corrected chi connectivity index (χ1v) is 10.4. The number of ether oxygens (including phenoxy) is 1. The average molecular weight is 415 g/mol. The molecule has 7 heteroatoms. The van der Waals surface area contributed by atoms with Crippen molar-refractivity contribution in [3.8, 4) is 6.07 Å². The van der Waals surface area contributed by atoms with E-state index in [-0.39, 0.29) is 18.7 Å². The van der Waals surface area contributed by atoms with E-state index in [0.717, 1.165) is 36.3 Å². The Morgan fingerprint density at radius 3 is 2.65 bits per heavy atom. The van der Waals surface area contributed by atoms with Crippen LogP contribution in [0.5, 0.6) is 0 Å². The van der Waals surface area contributed by atoms with Crippen molar-refractivity contribution in [2.75, 3.05) is 19.6 Å². The van der Waals surface area contributed by atoms with Crippen LogP contribution in [0.4, 0.5) is 4.79 Å². The molecule has 0 spiro atoms. The Labute approximate surface area is 181 Å². The summed E-state index contributed by atoms with van der Waals surface area (Å²) in [6, 6.07) is 19.6. The SMILES string of the molecule is N#Cc1ccc(CC2CN(C(=O)OCc3ccccc3)CCN2Cc2cnc[nH]2)cc1. The third kappa shape index (κ3) is 5.50. The topological polar surface area (TPSA) is 85.2 Å². The van der Waals surface area contributed by atoms with Crippen LogP contribution in [0.3, 0.4) is 0 Å². The molecule has 1 N–H and O–H groups in total. The molecule has 4 rings (SSSR count). The summed E-state index contributed by atoms with van der Waals surface area (Å²) in [5, 5.41) is 9.04. The zero-order valence-electron chi connectivity index (χ0n) is 17.3. The van der Waals surface area contributed by atoms with E-state index in [2.05, 4.69) is 20.9 Å². The van der Waals surface area contributed by atoms with Gasteiger partial charge in [0.25, 0.3) is 0 Å². The molecule has 31 heavy (non-hydrogen) atoms. The number of carbonyl (C=O) groups excluding carboxylic acids is 1. The molecule has 7 nitrogen and oxygen atoms in total. The molecule has 1 aliphatic heterocycles. The lowest BCUT2D eigenvalue weighted by Gasteiger charge is -2.41. The number of carbonyl (C=O) groups is 1. The molecule has 2 aromatic carbocycles. The van der Waals surface area contributed by atoms with E-state index in [1.165, 1.54) is 0 Å². The lowest BCUT2D eigenvalue weighted by atomic mass is 10.0. The minimum absolute atomic E-state index is 0.134. The Kier molecular flexibility index (Phi) is 6.60. The number of imidazole rings is 1. The van der Waals surface area contributed by atoms with Crippen molar-refractivity contribution in [1.29, 1.82) is 5.26 Å². The fourth-order valence-electron chi connectivity index (χ4n) is 3.85. The molecule has 1 atom stereocenters. The number of benzene rings is 2. The summed E-state index contributed by atoms with van der Waals surface area (Å²) in [5.41, 5.74) is 3.80. The third-order valence-electron chi connectivity index (χ3n) is 5.55. The van der Waals surface area contributed by atoms with Gasteiger partial charge in [0.15, 0.2) is 0 Å². The first-order valence-electron chi connectivity index (χ1n) is 10.4. The van der Waals surface area contributed by atoms with Crippen molar-refractivity contribution >= 4 is 6.09 Å². The quantitative estimate of drug-likeness (QED) is 0.667. The number of aromatic amines is 1. The van der Waals surface area contributed by atoms with Crippen LogP contribution in [-0.2, 0) is 24.3 Å². The molecule has 1 aliphatic rings. The van der Waals surface area contributed by atoms with Crippen molar-refractivity contribution in [3.05, 3.63) is 89.5 Å². The molecule has 1 aromatic heterocycles. The largest absolute Gasteiger partial charge is 0.445 e. The molecule has 0 saturated carbocycles. The van der Waals surface area contributed by atoms with Crippen molar-refractivity contribution in [2.24, 2.45) is 0 Å². The monoisotopic (exact) mass is 415 g/mol. The van der Waals surface area contributed by atoms with Gasteiger partial charge in [-0.25, -0.2) is 9.78 Å². The molecule has 1 amide bonds. The van der Waals surface area contributed by atoms with Crippen LogP contribution in [-0.4, -0.2) is 51.5 Å².